The van der Waals surface area contributed by atoms with E-state index in [9.17, 15) is 4.79 Å². The van der Waals surface area contributed by atoms with Crippen molar-refractivity contribution in [3.05, 3.63) is 35.9 Å². The van der Waals surface area contributed by atoms with Gasteiger partial charge in [-0.15, -0.1) is 0 Å². The lowest BCUT2D eigenvalue weighted by atomic mass is 9.38. The zero-order valence-electron chi connectivity index (χ0n) is 16.5. The predicted octanol–water partition coefficient (Wildman–Crippen LogP) is 3.86. The Hall–Kier alpha value is -1.35. The quantitative estimate of drug-likeness (QED) is 0.866. The number of amides is 1. The van der Waals surface area contributed by atoms with Crippen molar-refractivity contribution in [3.8, 4) is 0 Å². The van der Waals surface area contributed by atoms with E-state index in [-0.39, 0.29) is 16.9 Å². The van der Waals surface area contributed by atoms with Crippen LogP contribution in [0.3, 0.4) is 0 Å². The number of hydrogen-bond donors (Lipinski definition) is 1. The lowest BCUT2D eigenvalue weighted by Gasteiger charge is -2.66. The zero-order valence-corrected chi connectivity index (χ0v) is 16.5. The Morgan fingerprint density at radius 3 is 2.70 bits per heavy atom. The van der Waals surface area contributed by atoms with Crippen molar-refractivity contribution in [2.45, 2.75) is 69.7 Å². The molecule has 6 rings (SSSR count). The van der Waals surface area contributed by atoms with Crippen molar-refractivity contribution in [3.63, 3.8) is 0 Å². The largest absolute Gasteiger partial charge is 0.341 e. The van der Waals surface area contributed by atoms with Crippen LogP contribution >= 0.6 is 0 Å². The summed E-state index contributed by atoms with van der Waals surface area (Å²) < 4.78 is 0. The van der Waals surface area contributed by atoms with Crippen LogP contribution in [0.2, 0.25) is 0 Å². The van der Waals surface area contributed by atoms with Crippen molar-refractivity contribution < 1.29 is 4.79 Å². The van der Waals surface area contributed by atoms with Crippen molar-refractivity contribution in [1.82, 2.24) is 4.90 Å². The fourth-order valence-electron chi connectivity index (χ4n) is 9.14. The molecule has 3 nitrogen and oxygen atoms in total. The molecule has 5 fully saturated rings. The van der Waals surface area contributed by atoms with Gasteiger partial charge >= 0.3 is 0 Å². The normalized spacial score (nSPS) is 49.8. The van der Waals surface area contributed by atoms with Crippen LogP contribution in [-0.2, 0) is 10.2 Å². The van der Waals surface area contributed by atoms with E-state index >= 15 is 0 Å². The zero-order chi connectivity index (χ0) is 18.5. The van der Waals surface area contributed by atoms with Crippen LogP contribution < -0.4 is 5.73 Å². The average Bonchev–Trinajstić information content (AvgIpc) is 2.95. The van der Waals surface area contributed by atoms with Crippen LogP contribution in [0, 0.1) is 22.2 Å². The molecule has 1 heterocycles. The molecule has 144 valence electrons. The molecule has 5 aliphatic rings. The van der Waals surface area contributed by atoms with Gasteiger partial charge in [0.15, 0.2) is 0 Å². The van der Waals surface area contributed by atoms with Gasteiger partial charge in [-0.2, -0.15) is 0 Å². The van der Waals surface area contributed by atoms with Crippen LogP contribution in [0.5, 0.6) is 0 Å². The number of nitrogens with two attached hydrogens (primary N) is 1. The predicted molar refractivity (Wildman–Crippen MR) is 106 cm³/mol. The Labute approximate surface area is 162 Å². The van der Waals surface area contributed by atoms with E-state index in [0.29, 0.717) is 16.7 Å². The number of piperidine rings is 1. The Balaban J connectivity index is 1.44. The van der Waals surface area contributed by atoms with E-state index in [4.69, 9.17) is 5.73 Å². The number of fused-ring (bicyclic) bond motifs is 2. The molecule has 2 N–H and O–H groups in total. The molecular weight excluding hydrogens is 332 g/mol. The first-order chi connectivity index (χ1) is 12.9. The van der Waals surface area contributed by atoms with E-state index in [1.165, 1.54) is 24.8 Å². The maximum atomic E-state index is 13.9. The van der Waals surface area contributed by atoms with Gasteiger partial charge in [0.05, 0.1) is 5.41 Å². The summed E-state index contributed by atoms with van der Waals surface area (Å²) >= 11 is 0. The van der Waals surface area contributed by atoms with E-state index in [2.05, 4.69) is 42.2 Å². The molecule has 1 spiro atoms. The van der Waals surface area contributed by atoms with Gasteiger partial charge < -0.3 is 10.6 Å². The van der Waals surface area contributed by atoms with Crippen LogP contribution in [0.4, 0.5) is 0 Å². The number of hydrogen-bond acceptors (Lipinski definition) is 2. The standard InChI is InChI=1S/C24H32N2O/c1-21-10-17-11-22(20(27)26-9-5-8-19(25)13-26)15-23(14-21,24(21,12-17)16-22)18-6-3-2-4-7-18/h2-4,6-7,17,19H,5,8-16,25H2,1H3/t17?,19-,21-,22?,23+,24?/m1/s1. The van der Waals surface area contributed by atoms with Crippen LogP contribution in [-0.4, -0.2) is 29.9 Å². The maximum Gasteiger partial charge on any atom is 0.228 e. The summed E-state index contributed by atoms with van der Waals surface area (Å²) in [5.74, 6) is 1.20. The highest BCUT2D eigenvalue weighted by Crippen LogP contribution is 2.88. The van der Waals surface area contributed by atoms with E-state index in [0.717, 1.165) is 51.1 Å². The Morgan fingerprint density at radius 2 is 1.93 bits per heavy atom. The Morgan fingerprint density at radius 1 is 1.11 bits per heavy atom. The monoisotopic (exact) mass is 364 g/mol. The summed E-state index contributed by atoms with van der Waals surface area (Å²) in [4.78, 5) is 16.1. The number of nitrogens with zero attached hydrogens (tertiary/aromatic N) is 1. The molecule has 1 aromatic rings. The minimum atomic E-state index is -0.121. The molecule has 4 saturated carbocycles. The van der Waals surface area contributed by atoms with Gasteiger partial charge in [0.25, 0.3) is 0 Å². The number of benzene rings is 1. The molecule has 3 unspecified atom stereocenters. The minimum Gasteiger partial charge on any atom is -0.341 e. The first-order valence-corrected chi connectivity index (χ1v) is 11.0. The molecular formula is C24H32N2O. The SMILES string of the molecule is C[C@]12CC3CC4(C(=O)N5CCC[C@@H](N)C5)CC1(C3)[C@](c1ccccc1)(C4)C2. The molecule has 6 atom stereocenters. The molecule has 1 aromatic carbocycles. The van der Waals surface area contributed by atoms with Crippen molar-refractivity contribution >= 4 is 5.91 Å². The lowest BCUT2D eigenvalue weighted by molar-refractivity contribution is -0.146. The summed E-state index contributed by atoms with van der Waals surface area (Å²) in [5, 5.41) is 0. The third-order valence-electron chi connectivity index (χ3n) is 9.62. The third kappa shape index (κ3) is 1.81. The first-order valence-electron chi connectivity index (χ1n) is 11.0. The van der Waals surface area contributed by atoms with E-state index in [1.54, 1.807) is 0 Å². The van der Waals surface area contributed by atoms with Gasteiger partial charge in [-0.25, -0.2) is 0 Å². The lowest BCUT2D eigenvalue weighted by Crippen LogP contribution is -2.61. The molecule has 3 heteroatoms. The molecule has 1 saturated heterocycles. The summed E-state index contributed by atoms with van der Waals surface area (Å²) in [7, 11) is 0. The van der Waals surface area contributed by atoms with Crippen molar-refractivity contribution in [2.75, 3.05) is 13.1 Å². The van der Waals surface area contributed by atoms with E-state index < -0.39 is 0 Å². The molecule has 27 heavy (non-hydrogen) atoms. The fraction of sp³-hybridized carbons (Fsp3) is 0.708. The fourth-order valence-corrected chi connectivity index (χ4v) is 9.14. The summed E-state index contributed by atoms with van der Waals surface area (Å²) in [6, 6.07) is 11.4. The second kappa shape index (κ2) is 4.97. The van der Waals surface area contributed by atoms with Gasteiger partial charge in [-0.1, -0.05) is 37.3 Å². The molecule has 1 amide bonds. The van der Waals surface area contributed by atoms with Crippen LogP contribution in [0.1, 0.15) is 63.9 Å². The van der Waals surface area contributed by atoms with Crippen molar-refractivity contribution in [2.24, 2.45) is 27.9 Å². The molecule has 0 aromatic heterocycles. The smallest absolute Gasteiger partial charge is 0.228 e. The Kier molecular flexibility index (Phi) is 3.06. The van der Waals surface area contributed by atoms with Crippen LogP contribution in [0.25, 0.3) is 0 Å². The highest BCUT2D eigenvalue weighted by Gasteiger charge is 2.83. The maximum absolute atomic E-state index is 13.9. The molecule has 0 radical (unpaired) electrons. The average molecular weight is 365 g/mol. The van der Waals surface area contributed by atoms with E-state index in [1.807, 2.05) is 0 Å². The minimum absolute atomic E-state index is 0.121. The summed E-state index contributed by atoms with van der Waals surface area (Å²) in [6.07, 6.45) is 9.46. The number of rotatable bonds is 2. The molecule has 3 bridgehead atoms. The highest BCUT2D eigenvalue weighted by atomic mass is 16.2. The highest BCUT2D eigenvalue weighted by molar-refractivity contribution is 5.85. The second-order valence-electron chi connectivity index (χ2n) is 11.0. The third-order valence-corrected chi connectivity index (χ3v) is 9.62. The molecule has 4 aliphatic carbocycles. The summed E-state index contributed by atoms with van der Waals surface area (Å²) in [5.41, 5.74) is 8.67. The van der Waals surface area contributed by atoms with Gasteiger partial charge in [0.1, 0.15) is 0 Å². The second-order valence-corrected chi connectivity index (χ2v) is 11.0. The summed E-state index contributed by atoms with van der Waals surface area (Å²) in [6.45, 7) is 4.23. The van der Waals surface area contributed by atoms with Crippen LogP contribution in [0.15, 0.2) is 30.3 Å². The van der Waals surface area contributed by atoms with Gasteiger partial charge in [0.2, 0.25) is 5.91 Å². The number of carbonyl (C=O) groups excluding carboxylic acids is 1. The van der Waals surface area contributed by atoms with Gasteiger partial charge in [0, 0.05) is 24.5 Å². The van der Waals surface area contributed by atoms with Gasteiger partial charge in [-0.05, 0) is 73.7 Å². The molecule has 1 aliphatic heterocycles. The Bertz CT molecular complexity index is 808. The van der Waals surface area contributed by atoms with Gasteiger partial charge in [-0.3, -0.25) is 4.79 Å². The number of likely N-dealkylation sites (tertiary alicyclic amines) is 1. The van der Waals surface area contributed by atoms with Crippen molar-refractivity contribution in [1.29, 1.82) is 0 Å². The topological polar surface area (TPSA) is 46.3 Å². The first kappa shape index (κ1) is 16.6. The number of carbonyl (C=O) groups is 1.